The number of hydrogen-bond acceptors (Lipinski definition) is 1. The Morgan fingerprint density at radius 3 is 2.86 bits per heavy atom. The molecular formula is C13H18S. The Hall–Kier alpha value is -0.650. The largest absolute Gasteiger partial charge is 0.122 e. The van der Waals surface area contributed by atoms with Gasteiger partial charge in [0.15, 0.2) is 0 Å². The smallest absolute Gasteiger partial charge is 0.0332 e. The van der Waals surface area contributed by atoms with E-state index in [1.165, 1.54) is 24.0 Å². The van der Waals surface area contributed by atoms with Gasteiger partial charge in [0.2, 0.25) is 0 Å². The van der Waals surface area contributed by atoms with E-state index in [1.54, 1.807) is 0 Å². The molecule has 1 heteroatoms. The molecule has 0 nitrogen and oxygen atoms in total. The summed E-state index contributed by atoms with van der Waals surface area (Å²) in [6.45, 7) is 12.0. The van der Waals surface area contributed by atoms with Crippen LogP contribution in [0.3, 0.4) is 0 Å². The Kier molecular flexibility index (Phi) is 4.31. The highest BCUT2D eigenvalue weighted by atomic mass is 32.2. The molecule has 0 bridgehead atoms. The molecule has 1 aliphatic carbocycles. The minimum Gasteiger partial charge on any atom is -0.122 e. The van der Waals surface area contributed by atoms with E-state index in [0.717, 1.165) is 5.92 Å². The van der Waals surface area contributed by atoms with Crippen LogP contribution in [-0.4, -0.2) is 5.25 Å². The maximum absolute atomic E-state index is 3.87. The molecule has 2 atom stereocenters. The fourth-order valence-electron chi connectivity index (χ4n) is 1.96. The van der Waals surface area contributed by atoms with Gasteiger partial charge in [-0.3, -0.25) is 0 Å². The summed E-state index contributed by atoms with van der Waals surface area (Å²) in [5.74, 6) is 0.744. The van der Waals surface area contributed by atoms with Gasteiger partial charge < -0.3 is 0 Å². The maximum Gasteiger partial charge on any atom is 0.0332 e. The van der Waals surface area contributed by atoms with Crippen molar-refractivity contribution in [2.24, 2.45) is 5.92 Å². The Morgan fingerprint density at radius 2 is 2.29 bits per heavy atom. The van der Waals surface area contributed by atoms with Gasteiger partial charge in [-0.2, -0.15) is 0 Å². The van der Waals surface area contributed by atoms with Gasteiger partial charge in [0.05, 0.1) is 0 Å². The van der Waals surface area contributed by atoms with Crippen LogP contribution in [0.4, 0.5) is 0 Å². The highest BCUT2D eigenvalue weighted by Crippen LogP contribution is 2.37. The molecule has 0 amide bonds. The van der Waals surface area contributed by atoms with Crippen molar-refractivity contribution in [1.82, 2.24) is 0 Å². The van der Waals surface area contributed by atoms with Crippen LogP contribution in [0, 0.1) is 5.92 Å². The summed E-state index contributed by atoms with van der Waals surface area (Å²) in [4.78, 5) is 0. The van der Waals surface area contributed by atoms with E-state index >= 15 is 0 Å². The zero-order valence-corrected chi connectivity index (χ0v) is 9.86. The third-order valence-electron chi connectivity index (χ3n) is 2.86. The molecule has 14 heavy (non-hydrogen) atoms. The molecule has 0 aromatic carbocycles. The molecule has 0 saturated carbocycles. The lowest BCUT2D eigenvalue weighted by Gasteiger charge is -2.29. The second-order valence-electron chi connectivity index (χ2n) is 3.81. The van der Waals surface area contributed by atoms with E-state index in [-0.39, 0.29) is 0 Å². The van der Waals surface area contributed by atoms with Crippen molar-refractivity contribution in [2.45, 2.75) is 31.9 Å². The van der Waals surface area contributed by atoms with Crippen molar-refractivity contribution < 1.29 is 0 Å². The van der Waals surface area contributed by atoms with Gasteiger partial charge in [0.1, 0.15) is 0 Å². The Bertz CT molecular complexity index is 292. The summed E-state index contributed by atoms with van der Waals surface area (Å²) in [6.07, 6.45) is 4.46. The first-order chi connectivity index (χ1) is 6.70. The fourth-order valence-corrected chi connectivity index (χ4v) is 2.96. The second-order valence-corrected chi connectivity index (χ2v) is 4.82. The molecule has 0 aliphatic heterocycles. The molecule has 0 aromatic rings. The molecule has 0 heterocycles. The van der Waals surface area contributed by atoms with Gasteiger partial charge in [-0.05, 0) is 31.3 Å². The average Bonchev–Trinajstić information content (AvgIpc) is 2.18. The lowest BCUT2D eigenvalue weighted by molar-refractivity contribution is 0.513. The molecule has 0 saturated heterocycles. The van der Waals surface area contributed by atoms with Crippen LogP contribution >= 0.6 is 11.8 Å². The third kappa shape index (κ3) is 2.43. The lowest BCUT2D eigenvalue weighted by atomic mass is 9.85. The Balaban J connectivity index is 2.87. The number of allylic oxidation sites excluding steroid dienone is 2. The average molecular weight is 206 g/mol. The molecule has 1 rings (SSSR count). The molecule has 0 aromatic heterocycles. The highest BCUT2D eigenvalue weighted by Gasteiger charge is 2.24. The monoisotopic (exact) mass is 206 g/mol. The van der Waals surface area contributed by atoms with E-state index in [0.29, 0.717) is 5.25 Å². The first kappa shape index (κ1) is 11.4. The Labute approximate surface area is 91.5 Å². The normalized spacial score (nSPS) is 27.0. The van der Waals surface area contributed by atoms with Crippen molar-refractivity contribution in [3.8, 4) is 0 Å². The number of hydrogen-bond donors (Lipinski definition) is 0. The first-order valence-electron chi connectivity index (χ1n) is 5.02. The maximum atomic E-state index is 3.87. The van der Waals surface area contributed by atoms with Crippen LogP contribution in [0.5, 0.6) is 0 Å². The summed E-state index contributed by atoms with van der Waals surface area (Å²) in [7, 11) is 0. The van der Waals surface area contributed by atoms with E-state index in [1.807, 2.05) is 23.2 Å². The minimum absolute atomic E-state index is 0.589. The van der Waals surface area contributed by atoms with Crippen molar-refractivity contribution >= 4 is 11.8 Å². The standard InChI is InChI=1S/C13H18S/c1-5-9-14-13-10(3)7-8-12(6-2)11(13)4/h6,9-10,13H,1-2,7-8H2,3-4H3/t10-,13-/m1/s1. The fraction of sp³-hybridized carbons (Fsp3) is 0.462. The predicted octanol–water partition coefficient (Wildman–Crippen LogP) is 4.32. The SMILES string of the molecule is C=C=CS[C@H]1C(C)=C(C=C)CC[C@H]1C. The molecule has 0 fully saturated rings. The van der Waals surface area contributed by atoms with E-state index in [9.17, 15) is 0 Å². The van der Waals surface area contributed by atoms with Crippen molar-refractivity contribution in [3.05, 3.63) is 41.5 Å². The van der Waals surface area contributed by atoms with Crippen molar-refractivity contribution in [1.29, 1.82) is 0 Å². The second kappa shape index (κ2) is 5.29. The summed E-state index contributed by atoms with van der Waals surface area (Å²) in [5.41, 5.74) is 5.74. The van der Waals surface area contributed by atoms with Crippen LogP contribution < -0.4 is 0 Å². The summed E-state index contributed by atoms with van der Waals surface area (Å²) in [5, 5.41) is 2.56. The van der Waals surface area contributed by atoms with Crippen molar-refractivity contribution in [2.75, 3.05) is 0 Å². The predicted molar refractivity (Wildman–Crippen MR) is 66.4 cm³/mol. The van der Waals surface area contributed by atoms with Crippen LogP contribution in [0.1, 0.15) is 26.7 Å². The molecule has 0 N–H and O–H groups in total. The van der Waals surface area contributed by atoms with Crippen LogP contribution in [-0.2, 0) is 0 Å². The molecular weight excluding hydrogens is 188 g/mol. The molecule has 1 aliphatic rings. The summed E-state index contributed by atoms with van der Waals surface area (Å²) in [6, 6.07) is 0. The van der Waals surface area contributed by atoms with Crippen molar-refractivity contribution in [3.63, 3.8) is 0 Å². The van der Waals surface area contributed by atoms with Gasteiger partial charge in [-0.15, -0.1) is 17.5 Å². The van der Waals surface area contributed by atoms with Crippen LogP contribution in [0.2, 0.25) is 0 Å². The summed E-state index contributed by atoms with van der Waals surface area (Å²) >= 11 is 1.83. The minimum atomic E-state index is 0.589. The van der Waals surface area contributed by atoms with E-state index in [4.69, 9.17) is 0 Å². The van der Waals surface area contributed by atoms with Gasteiger partial charge in [0, 0.05) is 10.7 Å². The lowest BCUT2D eigenvalue weighted by Crippen LogP contribution is -2.20. The number of rotatable bonds is 3. The van der Waals surface area contributed by atoms with Gasteiger partial charge in [0.25, 0.3) is 0 Å². The number of thioether (sulfide) groups is 1. The molecule has 76 valence electrons. The van der Waals surface area contributed by atoms with E-state index < -0.39 is 0 Å². The summed E-state index contributed by atoms with van der Waals surface area (Å²) < 4.78 is 0. The highest BCUT2D eigenvalue weighted by molar-refractivity contribution is 8.02. The third-order valence-corrected chi connectivity index (χ3v) is 4.28. The van der Waals surface area contributed by atoms with Crippen LogP contribution in [0.25, 0.3) is 0 Å². The zero-order chi connectivity index (χ0) is 10.6. The van der Waals surface area contributed by atoms with Gasteiger partial charge >= 0.3 is 0 Å². The van der Waals surface area contributed by atoms with Gasteiger partial charge in [-0.1, -0.05) is 31.7 Å². The van der Waals surface area contributed by atoms with Crippen LogP contribution in [0.15, 0.2) is 41.5 Å². The Morgan fingerprint density at radius 1 is 1.57 bits per heavy atom. The van der Waals surface area contributed by atoms with Gasteiger partial charge in [-0.25, -0.2) is 0 Å². The molecule has 0 unspecified atom stereocenters. The van der Waals surface area contributed by atoms with E-state index in [2.05, 4.69) is 32.7 Å². The molecule has 0 spiro atoms. The quantitative estimate of drug-likeness (QED) is 0.620. The molecule has 0 radical (unpaired) electrons. The first-order valence-corrected chi connectivity index (χ1v) is 5.96. The topological polar surface area (TPSA) is 0 Å². The zero-order valence-electron chi connectivity index (χ0n) is 9.05.